The highest BCUT2D eigenvalue weighted by Gasteiger charge is 2.32. The quantitative estimate of drug-likeness (QED) is 0.569. The van der Waals surface area contributed by atoms with E-state index in [1.54, 1.807) is 11.8 Å². The predicted molar refractivity (Wildman–Crippen MR) is 87.0 cm³/mol. The second kappa shape index (κ2) is 6.46. The molecule has 0 atom stereocenters. The molecule has 118 valence electrons. The summed E-state index contributed by atoms with van der Waals surface area (Å²) in [7, 11) is -3.60. The number of aromatic hydroxyl groups is 1. The highest BCUT2D eigenvalue weighted by Crippen LogP contribution is 2.38. The van der Waals surface area contributed by atoms with Crippen molar-refractivity contribution in [1.29, 1.82) is 0 Å². The van der Waals surface area contributed by atoms with Crippen LogP contribution in [0.4, 0.5) is 5.69 Å². The Morgan fingerprint density at radius 1 is 1.33 bits per heavy atom. The lowest BCUT2D eigenvalue weighted by Crippen LogP contribution is -2.41. The number of nitrogens with two attached hydrogens (primary N) is 1. The van der Waals surface area contributed by atoms with Crippen LogP contribution in [-0.2, 0) is 10.0 Å². The molecule has 1 saturated carbocycles. The lowest BCUT2D eigenvalue weighted by molar-refractivity contribution is 0.395. The Morgan fingerprint density at radius 2 is 2.00 bits per heavy atom. The molecular formula is C14H22N2O3S2. The molecular weight excluding hydrogens is 308 g/mol. The summed E-state index contributed by atoms with van der Waals surface area (Å²) >= 11 is 1.74. The average Bonchev–Trinajstić information content (AvgIpc) is 2.49. The van der Waals surface area contributed by atoms with E-state index in [0.717, 1.165) is 25.7 Å². The van der Waals surface area contributed by atoms with Gasteiger partial charge in [0.1, 0.15) is 5.75 Å². The topological polar surface area (TPSA) is 92.4 Å². The van der Waals surface area contributed by atoms with Gasteiger partial charge in [0.15, 0.2) is 0 Å². The zero-order valence-electron chi connectivity index (χ0n) is 12.1. The lowest BCUT2D eigenvalue weighted by atomic mass is 9.88. The van der Waals surface area contributed by atoms with Crippen LogP contribution in [0.5, 0.6) is 5.75 Å². The van der Waals surface area contributed by atoms with Gasteiger partial charge < -0.3 is 10.8 Å². The molecule has 0 aliphatic heterocycles. The van der Waals surface area contributed by atoms with Gasteiger partial charge in [0, 0.05) is 11.3 Å². The molecule has 0 unspecified atom stereocenters. The van der Waals surface area contributed by atoms with Gasteiger partial charge in [-0.25, -0.2) is 13.1 Å². The number of sulfonamides is 1. The van der Waals surface area contributed by atoms with Crippen LogP contribution in [0.1, 0.15) is 32.1 Å². The monoisotopic (exact) mass is 330 g/mol. The molecule has 0 spiro atoms. The van der Waals surface area contributed by atoms with Crippen molar-refractivity contribution in [2.75, 3.05) is 18.5 Å². The molecule has 0 aromatic heterocycles. The maximum Gasteiger partial charge on any atom is 0.240 e. The fourth-order valence-corrected chi connectivity index (χ4v) is 4.83. The van der Waals surface area contributed by atoms with Crippen LogP contribution < -0.4 is 10.5 Å². The van der Waals surface area contributed by atoms with E-state index in [4.69, 9.17) is 5.73 Å². The van der Waals surface area contributed by atoms with E-state index in [2.05, 4.69) is 4.72 Å². The number of rotatable bonds is 5. The standard InChI is InChI=1S/C14H22N2O3S2/c1-20-14(7-3-2-4-8-14)10-16-21(18,19)11-5-6-13(17)12(15)9-11/h5-6,9,16-17H,2-4,7-8,10,15H2,1H3. The summed E-state index contributed by atoms with van der Waals surface area (Å²) < 4.78 is 27.4. The van der Waals surface area contributed by atoms with Crippen LogP contribution in [0, 0.1) is 0 Å². The van der Waals surface area contributed by atoms with Crippen molar-refractivity contribution in [2.45, 2.75) is 41.7 Å². The largest absolute Gasteiger partial charge is 0.506 e. The summed E-state index contributed by atoms with van der Waals surface area (Å²) in [5.41, 5.74) is 5.63. The summed E-state index contributed by atoms with van der Waals surface area (Å²) in [6, 6.07) is 3.94. The van der Waals surface area contributed by atoms with Gasteiger partial charge in [0.2, 0.25) is 10.0 Å². The summed E-state index contributed by atoms with van der Waals surface area (Å²) in [5.74, 6) is -0.109. The number of nitrogen functional groups attached to an aromatic ring is 1. The molecule has 0 heterocycles. The van der Waals surface area contributed by atoms with Gasteiger partial charge in [-0.2, -0.15) is 11.8 Å². The Kier molecular flexibility index (Phi) is 5.06. The fourth-order valence-electron chi connectivity index (χ4n) is 2.66. The second-order valence-corrected chi connectivity index (χ2v) is 8.53. The summed E-state index contributed by atoms with van der Waals surface area (Å²) in [5, 5.41) is 9.38. The molecule has 5 nitrogen and oxygen atoms in total. The Bertz CT molecular complexity index is 596. The Labute approximate surface area is 130 Å². The number of hydrogen-bond acceptors (Lipinski definition) is 5. The summed E-state index contributed by atoms with van der Waals surface area (Å²) in [6.07, 6.45) is 7.63. The van der Waals surface area contributed by atoms with Gasteiger partial charge in [-0.1, -0.05) is 19.3 Å². The van der Waals surface area contributed by atoms with Crippen molar-refractivity contribution in [3.05, 3.63) is 18.2 Å². The van der Waals surface area contributed by atoms with E-state index in [-0.39, 0.29) is 21.1 Å². The van der Waals surface area contributed by atoms with E-state index >= 15 is 0 Å². The molecule has 0 bridgehead atoms. The molecule has 2 rings (SSSR count). The zero-order chi connectivity index (χ0) is 15.5. The first-order valence-corrected chi connectivity index (χ1v) is 9.73. The van der Waals surface area contributed by atoms with Gasteiger partial charge >= 0.3 is 0 Å². The third kappa shape index (κ3) is 3.84. The predicted octanol–water partition coefficient (Wildman–Crippen LogP) is 2.32. The molecule has 0 radical (unpaired) electrons. The number of thioether (sulfide) groups is 1. The summed E-state index contributed by atoms with van der Waals surface area (Å²) in [4.78, 5) is 0.0878. The van der Waals surface area contributed by atoms with E-state index < -0.39 is 10.0 Å². The number of phenols is 1. The zero-order valence-corrected chi connectivity index (χ0v) is 13.8. The maximum atomic E-state index is 12.3. The minimum absolute atomic E-state index is 0.00617. The van der Waals surface area contributed by atoms with E-state index in [9.17, 15) is 13.5 Å². The Morgan fingerprint density at radius 3 is 2.57 bits per heavy atom. The minimum Gasteiger partial charge on any atom is -0.506 e. The van der Waals surface area contributed by atoms with Crippen molar-refractivity contribution >= 4 is 27.5 Å². The van der Waals surface area contributed by atoms with Crippen molar-refractivity contribution in [3.8, 4) is 5.75 Å². The van der Waals surface area contributed by atoms with E-state index in [1.807, 2.05) is 6.26 Å². The van der Waals surface area contributed by atoms with Crippen molar-refractivity contribution in [3.63, 3.8) is 0 Å². The molecule has 4 N–H and O–H groups in total. The molecule has 1 aromatic carbocycles. The highest BCUT2D eigenvalue weighted by atomic mass is 32.2. The highest BCUT2D eigenvalue weighted by molar-refractivity contribution is 8.00. The van der Waals surface area contributed by atoms with Crippen LogP contribution in [0.2, 0.25) is 0 Å². The van der Waals surface area contributed by atoms with Gasteiger partial charge in [0.25, 0.3) is 0 Å². The third-order valence-electron chi connectivity index (χ3n) is 4.09. The fraction of sp³-hybridized carbons (Fsp3) is 0.571. The number of hydrogen-bond donors (Lipinski definition) is 3. The number of nitrogens with one attached hydrogen (secondary N) is 1. The SMILES string of the molecule is CSC1(CNS(=O)(=O)c2ccc(O)c(N)c2)CCCCC1. The van der Waals surface area contributed by atoms with Gasteiger partial charge in [-0.3, -0.25) is 0 Å². The maximum absolute atomic E-state index is 12.3. The summed E-state index contributed by atoms with van der Waals surface area (Å²) in [6.45, 7) is 0.428. The normalized spacial score (nSPS) is 18.5. The van der Waals surface area contributed by atoms with Crippen molar-refractivity contribution in [2.24, 2.45) is 0 Å². The average molecular weight is 330 g/mol. The van der Waals surface area contributed by atoms with E-state index in [0.29, 0.717) is 6.54 Å². The number of phenolic OH excluding ortho intramolecular Hbond substituents is 1. The van der Waals surface area contributed by atoms with Gasteiger partial charge in [-0.05, 0) is 37.3 Å². The van der Waals surface area contributed by atoms with Gasteiger partial charge in [-0.15, -0.1) is 0 Å². The lowest BCUT2D eigenvalue weighted by Gasteiger charge is -2.35. The molecule has 1 fully saturated rings. The van der Waals surface area contributed by atoms with Crippen LogP contribution in [0.3, 0.4) is 0 Å². The number of anilines is 1. The molecule has 1 aliphatic carbocycles. The van der Waals surface area contributed by atoms with Gasteiger partial charge in [0.05, 0.1) is 10.6 Å². The first-order chi connectivity index (χ1) is 9.88. The molecule has 0 saturated heterocycles. The van der Waals surface area contributed by atoms with Crippen LogP contribution in [-0.4, -0.2) is 31.1 Å². The van der Waals surface area contributed by atoms with E-state index in [1.165, 1.54) is 24.6 Å². The van der Waals surface area contributed by atoms with Crippen LogP contribution in [0.25, 0.3) is 0 Å². The Hall–Kier alpha value is -0.920. The first kappa shape index (κ1) is 16.5. The molecule has 1 aliphatic rings. The molecule has 0 amide bonds. The first-order valence-electron chi connectivity index (χ1n) is 7.02. The molecule has 21 heavy (non-hydrogen) atoms. The third-order valence-corrected chi connectivity index (χ3v) is 6.91. The van der Waals surface area contributed by atoms with Crippen LogP contribution >= 0.6 is 11.8 Å². The molecule has 1 aromatic rings. The van der Waals surface area contributed by atoms with Crippen molar-refractivity contribution < 1.29 is 13.5 Å². The van der Waals surface area contributed by atoms with Crippen molar-refractivity contribution in [1.82, 2.24) is 4.72 Å². The smallest absolute Gasteiger partial charge is 0.240 e. The Balaban J connectivity index is 2.11. The second-order valence-electron chi connectivity index (χ2n) is 5.49. The van der Waals surface area contributed by atoms with Crippen LogP contribution in [0.15, 0.2) is 23.1 Å². The molecule has 7 heteroatoms. The number of benzene rings is 1. The minimum atomic E-state index is -3.60.